The zero-order valence-electron chi connectivity index (χ0n) is 9.75. The molecule has 2 saturated heterocycles. The fraction of sp³-hybridized carbons (Fsp3) is 1.00. The van der Waals surface area contributed by atoms with Crippen molar-refractivity contribution in [3.05, 3.63) is 5.32 Å². The second-order valence-corrected chi connectivity index (χ2v) is 4.86. The average Bonchev–Trinajstić information content (AvgIpc) is 2.12. The van der Waals surface area contributed by atoms with E-state index in [1.54, 1.807) is 0 Å². The molecular weight excluding hydrogens is 360 g/mol. The first-order valence-electron chi connectivity index (χ1n) is 5.89. The summed E-state index contributed by atoms with van der Waals surface area (Å²) in [6.45, 7) is 9.17. The van der Waals surface area contributed by atoms with Gasteiger partial charge in [0.1, 0.15) is 0 Å². The Balaban J connectivity index is 0.00000112. The molecule has 89 valence electrons. The number of likely N-dealkylation sites (tertiary alicyclic amines) is 1. The molecule has 2 aliphatic heterocycles. The largest absolute Gasteiger partial charge is 0.662 e. The third-order valence-electron chi connectivity index (χ3n) is 3.38. The second-order valence-electron chi connectivity index (χ2n) is 4.86. The maximum absolute atomic E-state index is 4.37. The Morgan fingerprint density at radius 3 is 2.27 bits per heavy atom. The molecule has 2 fully saturated rings. The van der Waals surface area contributed by atoms with E-state index in [0.717, 1.165) is 31.2 Å². The van der Waals surface area contributed by atoms with Crippen LogP contribution in [0.5, 0.6) is 0 Å². The van der Waals surface area contributed by atoms with Gasteiger partial charge in [0, 0.05) is 51.6 Å². The van der Waals surface area contributed by atoms with E-state index >= 15 is 0 Å². The SMILES string of the molecule is CC(C)N1CC(NC2CC[N-]CC2)C1.[Re]. The standard InChI is InChI=1S/C11H22N3.Re/c1-9(2)14-7-11(8-14)13-10-3-5-12-6-4-10;/h9-11,13H,3-8H2,1-2H3;/q-1;. The van der Waals surface area contributed by atoms with Gasteiger partial charge in [-0.3, -0.25) is 4.90 Å². The number of nitrogens with zero attached hydrogens (tertiary/aromatic N) is 2. The monoisotopic (exact) mass is 383 g/mol. The van der Waals surface area contributed by atoms with Crippen LogP contribution >= 0.6 is 0 Å². The van der Waals surface area contributed by atoms with Gasteiger partial charge < -0.3 is 10.6 Å². The van der Waals surface area contributed by atoms with E-state index in [0.29, 0.717) is 0 Å². The topological polar surface area (TPSA) is 29.4 Å². The molecule has 0 aromatic carbocycles. The van der Waals surface area contributed by atoms with E-state index in [1.165, 1.54) is 25.9 Å². The first kappa shape index (κ1) is 13.6. The molecule has 0 unspecified atom stereocenters. The molecule has 1 N–H and O–H groups in total. The molecule has 0 aromatic rings. The van der Waals surface area contributed by atoms with Gasteiger partial charge in [-0.1, -0.05) is 12.8 Å². The van der Waals surface area contributed by atoms with Crippen molar-refractivity contribution < 1.29 is 20.4 Å². The van der Waals surface area contributed by atoms with E-state index in [4.69, 9.17) is 0 Å². The molecule has 0 atom stereocenters. The molecule has 1 radical (unpaired) electrons. The summed E-state index contributed by atoms with van der Waals surface area (Å²) in [7, 11) is 0. The van der Waals surface area contributed by atoms with Crippen LogP contribution in [0.3, 0.4) is 0 Å². The molecule has 3 nitrogen and oxygen atoms in total. The first-order valence-corrected chi connectivity index (χ1v) is 5.89. The number of piperidine rings is 1. The molecule has 0 aliphatic carbocycles. The van der Waals surface area contributed by atoms with Crippen LogP contribution in [0, 0.1) is 0 Å². The van der Waals surface area contributed by atoms with Crippen LogP contribution in [-0.2, 0) is 20.4 Å². The van der Waals surface area contributed by atoms with E-state index < -0.39 is 0 Å². The van der Waals surface area contributed by atoms with Crippen molar-refractivity contribution in [1.82, 2.24) is 10.2 Å². The third kappa shape index (κ3) is 3.80. The summed E-state index contributed by atoms with van der Waals surface area (Å²) < 4.78 is 0. The van der Waals surface area contributed by atoms with Crippen LogP contribution in [-0.4, -0.2) is 49.2 Å². The van der Waals surface area contributed by atoms with Gasteiger partial charge in [0.25, 0.3) is 0 Å². The summed E-state index contributed by atoms with van der Waals surface area (Å²) in [4.78, 5) is 2.52. The Bertz CT molecular complexity index is 175. The predicted molar refractivity (Wildman–Crippen MR) is 59.7 cm³/mol. The van der Waals surface area contributed by atoms with Crippen molar-refractivity contribution in [2.24, 2.45) is 0 Å². The summed E-state index contributed by atoms with van der Waals surface area (Å²) in [6.07, 6.45) is 2.50. The number of hydrogen-bond acceptors (Lipinski definition) is 2. The fourth-order valence-corrected chi connectivity index (χ4v) is 2.29. The molecule has 2 heterocycles. The molecule has 2 rings (SSSR count). The van der Waals surface area contributed by atoms with Gasteiger partial charge in [0.15, 0.2) is 0 Å². The Kier molecular flexibility index (Phi) is 5.73. The molecule has 2 aliphatic rings. The van der Waals surface area contributed by atoms with Gasteiger partial charge in [-0.25, -0.2) is 0 Å². The predicted octanol–water partition coefficient (Wildman–Crippen LogP) is 1.20. The minimum absolute atomic E-state index is 0. The van der Waals surface area contributed by atoms with Crippen molar-refractivity contribution in [2.75, 3.05) is 26.2 Å². The van der Waals surface area contributed by atoms with Gasteiger partial charge in [0.2, 0.25) is 0 Å². The van der Waals surface area contributed by atoms with E-state index in [1.807, 2.05) is 0 Å². The maximum Gasteiger partial charge on any atom is 0.0325 e. The van der Waals surface area contributed by atoms with Crippen LogP contribution in [0.4, 0.5) is 0 Å². The smallest absolute Gasteiger partial charge is 0.0325 e. The zero-order valence-corrected chi connectivity index (χ0v) is 12.5. The normalized spacial score (nSPS) is 25.0. The van der Waals surface area contributed by atoms with Crippen molar-refractivity contribution >= 4 is 0 Å². The molecule has 0 bridgehead atoms. The molecule has 0 saturated carbocycles. The molecule has 15 heavy (non-hydrogen) atoms. The Hall–Kier alpha value is 0.542. The Morgan fingerprint density at radius 1 is 1.13 bits per heavy atom. The Morgan fingerprint density at radius 2 is 1.73 bits per heavy atom. The number of nitrogens with one attached hydrogen (secondary N) is 1. The van der Waals surface area contributed by atoms with Crippen molar-refractivity contribution in [1.29, 1.82) is 0 Å². The first-order chi connectivity index (χ1) is 6.75. The van der Waals surface area contributed by atoms with Crippen molar-refractivity contribution in [3.8, 4) is 0 Å². The van der Waals surface area contributed by atoms with Gasteiger partial charge in [-0.2, -0.15) is 0 Å². The molecule has 4 heteroatoms. The van der Waals surface area contributed by atoms with Crippen LogP contribution in [0.2, 0.25) is 0 Å². The summed E-state index contributed by atoms with van der Waals surface area (Å²) in [5, 5.41) is 8.11. The van der Waals surface area contributed by atoms with Crippen molar-refractivity contribution in [2.45, 2.75) is 44.8 Å². The summed E-state index contributed by atoms with van der Waals surface area (Å²) >= 11 is 0. The third-order valence-corrected chi connectivity index (χ3v) is 3.38. The quantitative estimate of drug-likeness (QED) is 0.795. The van der Waals surface area contributed by atoms with Gasteiger partial charge in [-0.15, -0.1) is 13.1 Å². The number of hydrogen-bond donors (Lipinski definition) is 1. The fourth-order valence-electron chi connectivity index (χ4n) is 2.29. The second kappa shape index (κ2) is 6.32. The molecule has 0 amide bonds. The average molecular weight is 383 g/mol. The minimum atomic E-state index is 0. The maximum atomic E-state index is 4.37. The summed E-state index contributed by atoms with van der Waals surface area (Å²) in [5.74, 6) is 0. The summed E-state index contributed by atoms with van der Waals surface area (Å²) in [5.41, 5.74) is 0. The van der Waals surface area contributed by atoms with Gasteiger partial charge in [-0.05, 0) is 13.8 Å². The van der Waals surface area contributed by atoms with Crippen LogP contribution < -0.4 is 5.32 Å². The van der Waals surface area contributed by atoms with Crippen molar-refractivity contribution in [3.63, 3.8) is 0 Å². The van der Waals surface area contributed by atoms with Crippen LogP contribution in [0.25, 0.3) is 5.32 Å². The van der Waals surface area contributed by atoms with Gasteiger partial charge in [0.05, 0.1) is 0 Å². The summed E-state index contributed by atoms with van der Waals surface area (Å²) in [6, 6.07) is 2.21. The minimum Gasteiger partial charge on any atom is -0.662 e. The van der Waals surface area contributed by atoms with E-state index in [2.05, 4.69) is 29.4 Å². The van der Waals surface area contributed by atoms with Crippen LogP contribution in [0.15, 0.2) is 0 Å². The van der Waals surface area contributed by atoms with Gasteiger partial charge >= 0.3 is 0 Å². The van der Waals surface area contributed by atoms with E-state index in [9.17, 15) is 0 Å². The molecule has 0 aromatic heterocycles. The Labute approximate surface area is 107 Å². The zero-order chi connectivity index (χ0) is 9.97. The molecule has 0 spiro atoms. The number of rotatable bonds is 3. The molecular formula is C11H22N3Re-. The van der Waals surface area contributed by atoms with Crippen LogP contribution in [0.1, 0.15) is 26.7 Å². The van der Waals surface area contributed by atoms with E-state index in [-0.39, 0.29) is 20.4 Å².